The van der Waals surface area contributed by atoms with Crippen LogP contribution in [-0.4, -0.2) is 23.9 Å². The summed E-state index contributed by atoms with van der Waals surface area (Å²) in [5, 5.41) is 0. The first-order chi connectivity index (χ1) is 8.74. The lowest BCUT2D eigenvalue weighted by atomic mass is 10.1. The maximum absolute atomic E-state index is 12.1. The van der Waals surface area contributed by atoms with Gasteiger partial charge in [0.25, 0.3) is 0 Å². The molecule has 0 aliphatic heterocycles. The Morgan fingerprint density at radius 3 is 2.63 bits per heavy atom. The van der Waals surface area contributed by atoms with Crippen molar-refractivity contribution >= 4 is 28.6 Å². The second-order valence-electron chi connectivity index (χ2n) is 3.54. The predicted octanol–water partition coefficient (Wildman–Crippen LogP) is 3.00. The summed E-state index contributed by atoms with van der Waals surface area (Å²) >= 11 is 1.72. The number of ether oxygens (including phenoxy) is 2. The largest absolute Gasteiger partial charge is 0.573 e. The van der Waals surface area contributed by atoms with Crippen LogP contribution in [0.5, 0.6) is 5.75 Å². The number of alkyl halides is 3. The number of carbonyl (C=O) groups excluding carboxylic acids is 1. The highest BCUT2D eigenvalue weighted by Crippen LogP contribution is 2.30. The smallest absolute Gasteiger partial charge is 0.466 e. The van der Waals surface area contributed by atoms with Crippen LogP contribution in [0.1, 0.15) is 18.2 Å². The number of nitrogens with zero attached hydrogens (tertiary/aromatic N) is 1. The summed E-state index contributed by atoms with van der Waals surface area (Å²) in [6.45, 7) is 3.49. The van der Waals surface area contributed by atoms with E-state index in [2.05, 4.69) is 9.72 Å². The molecule has 0 saturated heterocycles. The van der Waals surface area contributed by atoms with E-state index in [1.54, 1.807) is 36.4 Å². The maximum Gasteiger partial charge on any atom is 0.573 e. The van der Waals surface area contributed by atoms with Gasteiger partial charge in [-0.25, -0.2) is 0 Å². The maximum atomic E-state index is 12.1. The molecule has 0 spiro atoms. The Labute approximate surface area is 121 Å². The topological polar surface area (TPSA) is 48.4 Å². The molecule has 0 atom stereocenters. The Balaban J connectivity index is 2.94. The fraction of sp³-hybridized carbons (Fsp3) is 0.455. The van der Waals surface area contributed by atoms with E-state index >= 15 is 0 Å². The molecule has 19 heavy (non-hydrogen) atoms. The lowest BCUT2D eigenvalue weighted by Gasteiger charge is -2.13. The molecule has 0 N–H and O–H groups in total. The molecule has 0 fully saturated rings. The SMILES string of the molecule is CCOC(=O)Cc1ncc(OC(F)(F)F)c(I)c1C. The molecule has 1 heterocycles. The highest BCUT2D eigenvalue weighted by molar-refractivity contribution is 14.1. The molecule has 0 unspecified atom stereocenters. The Bertz CT molecular complexity index is 477. The number of esters is 1. The second kappa shape index (κ2) is 6.40. The van der Waals surface area contributed by atoms with Crippen LogP contribution in [0.2, 0.25) is 0 Å². The summed E-state index contributed by atoms with van der Waals surface area (Å²) < 4.78 is 45.3. The lowest BCUT2D eigenvalue weighted by molar-refractivity contribution is -0.275. The van der Waals surface area contributed by atoms with Gasteiger partial charge in [0, 0.05) is 0 Å². The zero-order valence-electron chi connectivity index (χ0n) is 10.2. The van der Waals surface area contributed by atoms with Gasteiger partial charge in [-0.2, -0.15) is 0 Å². The molecule has 0 aromatic carbocycles. The molecule has 8 heteroatoms. The summed E-state index contributed by atoms with van der Waals surface area (Å²) in [5.74, 6) is -0.850. The third kappa shape index (κ3) is 4.84. The second-order valence-corrected chi connectivity index (χ2v) is 4.62. The monoisotopic (exact) mass is 389 g/mol. The van der Waals surface area contributed by atoms with Gasteiger partial charge in [0.05, 0.1) is 28.5 Å². The van der Waals surface area contributed by atoms with Gasteiger partial charge in [-0.1, -0.05) is 0 Å². The summed E-state index contributed by atoms with van der Waals surface area (Å²) in [5.41, 5.74) is 0.841. The number of hydrogen-bond acceptors (Lipinski definition) is 4. The number of halogens is 4. The van der Waals surface area contributed by atoms with Crippen molar-refractivity contribution in [2.24, 2.45) is 0 Å². The van der Waals surface area contributed by atoms with Crippen LogP contribution in [0.4, 0.5) is 13.2 Å². The summed E-state index contributed by atoms with van der Waals surface area (Å²) in [7, 11) is 0. The highest BCUT2D eigenvalue weighted by Gasteiger charge is 2.32. The van der Waals surface area contributed by atoms with E-state index in [0.717, 1.165) is 6.20 Å². The molecule has 0 radical (unpaired) electrons. The number of aromatic nitrogens is 1. The van der Waals surface area contributed by atoms with E-state index in [1.807, 2.05) is 0 Å². The Morgan fingerprint density at radius 2 is 2.11 bits per heavy atom. The van der Waals surface area contributed by atoms with E-state index in [0.29, 0.717) is 11.3 Å². The van der Waals surface area contributed by atoms with Crippen molar-refractivity contribution in [3.8, 4) is 5.75 Å². The zero-order valence-corrected chi connectivity index (χ0v) is 12.3. The summed E-state index contributed by atoms with van der Waals surface area (Å²) in [6.07, 6.45) is -3.89. The Kier molecular flexibility index (Phi) is 5.39. The van der Waals surface area contributed by atoms with Crippen molar-refractivity contribution in [3.05, 3.63) is 21.0 Å². The predicted molar refractivity (Wildman–Crippen MR) is 68.7 cm³/mol. The van der Waals surface area contributed by atoms with Crippen LogP contribution in [0, 0.1) is 10.5 Å². The molecule has 0 saturated carbocycles. The van der Waals surface area contributed by atoms with Gasteiger partial charge in [0.1, 0.15) is 0 Å². The molecule has 1 aromatic heterocycles. The highest BCUT2D eigenvalue weighted by atomic mass is 127. The fourth-order valence-electron chi connectivity index (χ4n) is 1.32. The van der Waals surface area contributed by atoms with Crippen molar-refractivity contribution in [3.63, 3.8) is 0 Å². The van der Waals surface area contributed by atoms with Gasteiger partial charge < -0.3 is 9.47 Å². The third-order valence-electron chi connectivity index (χ3n) is 2.16. The van der Waals surface area contributed by atoms with Crippen molar-refractivity contribution in [2.75, 3.05) is 6.61 Å². The van der Waals surface area contributed by atoms with Crippen LogP contribution < -0.4 is 4.74 Å². The average molecular weight is 389 g/mol. The summed E-state index contributed by atoms with van der Waals surface area (Å²) in [6, 6.07) is 0. The van der Waals surface area contributed by atoms with E-state index < -0.39 is 12.3 Å². The lowest BCUT2D eigenvalue weighted by Crippen LogP contribution is -2.19. The average Bonchev–Trinajstić information content (AvgIpc) is 2.28. The van der Waals surface area contributed by atoms with Gasteiger partial charge in [0.15, 0.2) is 5.75 Å². The molecule has 1 aromatic rings. The fourth-order valence-corrected chi connectivity index (χ4v) is 1.88. The molecule has 4 nitrogen and oxygen atoms in total. The molecule has 0 bridgehead atoms. The normalized spacial score (nSPS) is 11.3. The third-order valence-corrected chi connectivity index (χ3v) is 3.50. The molecule has 0 amide bonds. The number of carbonyl (C=O) groups is 1. The van der Waals surface area contributed by atoms with E-state index in [9.17, 15) is 18.0 Å². The van der Waals surface area contributed by atoms with Crippen molar-refractivity contribution in [1.82, 2.24) is 4.98 Å². The molecule has 0 aliphatic carbocycles. The minimum atomic E-state index is -4.77. The molecule has 106 valence electrons. The quantitative estimate of drug-likeness (QED) is 0.587. The Hall–Kier alpha value is -1.06. The standard InChI is InChI=1S/C11H11F3INO3/c1-3-18-9(17)4-7-6(2)10(15)8(5-16-7)19-11(12,13)14/h5H,3-4H2,1-2H3. The first kappa shape index (κ1) is 16.0. The van der Waals surface area contributed by atoms with Gasteiger partial charge in [-0.15, -0.1) is 13.2 Å². The molecular formula is C11H11F3INO3. The summed E-state index contributed by atoms with van der Waals surface area (Å²) in [4.78, 5) is 15.1. The van der Waals surface area contributed by atoms with Gasteiger partial charge in [-0.05, 0) is 42.0 Å². The first-order valence-electron chi connectivity index (χ1n) is 5.30. The van der Waals surface area contributed by atoms with Crippen LogP contribution >= 0.6 is 22.6 Å². The van der Waals surface area contributed by atoms with Crippen LogP contribution in [0.25, 0.3) is 0 Å². The van der Waals surface area contributed by atoms with E-state index in [4.69, 9.17) is 4.74 Å². The number of pyridine rings is 1. The van der Waals surface area contributed by atoms with Crippen LogP contribution in [0.3, 0.4) is 0 Å². The molecular weight excluding hydrogens is 378 g/mol. The van der Waals surface area contributed by atoms with Crippen molar-refractivity contribution in [2.45, 2.75) is 26.6 Å². The minimum Gasteiger partial charge on any atom is -0.466 e. The van der Waals surface area contributed by atoms with E-state index in [-0.39, 0.29) is 22.3 Å². The molecule has 0 aliphatic rings. The van der Waals surface area contributed by atoms with E-state index in [1.165, 1.54) is 0 Å². The number of hydrogen-bond donors (Lipinski definition) is 0. The van der Waals surface area contributed by atoms with Crippen molar-refractivity contribution < 1.29 is 27.4 Å². The van der Waals surface area contributed by atoms with Crippen LogP contribution in [0.15, 0.2) is 6.20 Å². The first-order valence-corrected chi connectivity index (χ1v) is 6.37. The molecule has 1 rings (SSSR count). The minimum absolute atomic E-state index is 0.0814. The Morgan fingerprint density at radius 1 is 1.47 bits per heavy atom. The van der Waals surface area contributed by atoms with Gasteiger partial charge >= 0.3 is 12.3 Å². The number of rotatable bonds is 4. The van der Waals surface area contributed by atoms with Gasteiger partial charge in [-0.3, -0.25) is 9.78 Å². The van der Waals surface area contributed by atoms with Crippen LogP contribution in [-0.2, 0) is 16.0 Å². The zero-order chi connectivity index (χ0) is 14.6. The van der Waals surface area contributed by atoms with Crippen molar-refractivity contribution in [1.29, 1.82) is 0 Å². The van der Waals surface area contributed by atoms with Gasteiger partial charge in [0.2, 0.25) is 0 Å².